The van der Waals surface area contributed by atoms with E-state index in [9.17, 15) is 36.0 Å². The van der Waals surface area contributed by atoms with Crippen molar-refractivity contribution in [1.82, 2.24) is 14.9 Å². The number of carbonyl (C=O) groups is 3. The number of benzene rings is 3. The quantitative estimate of drug-likeness (QED) is 0.187. The maximum atomic E-state index is 14.7. The zero-order valence-electron chi connectivity index (χ0n) is 29.3. The first kappa shape index (κ1) is 38.2. The van der Waals surface area contributed by atoms with Gasteiger partial charge >= 0.3 is 6.18 Å². The van der Waals surface area contributed by atoms with Crippen molar-refractivity contribution in [2.45, 2.75) is 82.0 Å². The number of hydrogen-bond acceptors (Lipinski definition) is 7. The van der Waals surface area contributed by atoms with Crippen molar-refractivity contribution in [2.75, 3.05) is 5.32 Å². The predicted octanol–water partition coefficient (Wildman–Crippen LogP) is 6.60. The highest BCUT2D eigenvalue weighted by molar-refractivity contribution is 7.91. The van der Waals surface area contributed by atoms with E-state index in [1.165, 1.54) is 23.1 Å². The van der Waals surface area contributed by atoms with Crippen molar-refractivity contribution in [1.29, 1.82) is 0 Å². The summed E-state index contributed by atoms with van der Waals surface area (Å²) in [5.74, 6) is -1.80. The first-order chi connectivity index (χ1) is 24.8. The van der Waals surface area contributed by atoms with Crippen molar-refractivity contribution in [2.24, 2.45) is 11.3 Å². The molecular weight excluding hydrogens is 733 g/mol. The molecule has 0 bridgehead atoms. The van der Waals surface area contributed by atoms with E-state index in [4.69, 9.17) is 16.3 Å². The monoisotopic (exact) mass is 772 g/mol. The SMILES string of the molecule is C=C[C@@H]1C[C@]1(NC(=O)[C@@H]1Cc2cc(Oc3cccc(Cl)c3)ccc2CN1C(=O)[C@@H](Nc1cccc(C(F)(F)F)c1)C(C)(C)C)C(=O)NS(=O)(=O)C1CC1. The van der Waals surface area contributed by atoms with Crippen molar-refractivity contribution in [3.05, 3.63) is 101 Å². The van der Waals surface area contributed by atoms with Gasteiger partial charge < -0.3 is 20.3 Å². The van der Waals surface area contributed by atoms with Gasteiger partial charge in [-0.25, -0.2) is 8.42 Å². The van der Waals surface area contributed by atoms with Gasteiger partial charge in [-0.1, -0.05) is 56.6 Å². The molecule has 15 heteroatoms. The van der Waals surface area contributed by atoms with Gasteiger partial charge in [-0.3, -0.25) is 19.1 Å². The van der Waals surface area contributed by atoms with Crippen molar-refractivity contribution < 1.29 is 40.7 Å². The van der Waals surface area contributed by atoms with Gasteiger partial charge in [-0.2, -0.15) is 13.2 Å². The lowest BCUT2D eigenvalue weighted by atomic mass is 9.84. The summed E-state index contributed by atoms with van der Waals surface area (Å²) >= 11 is 6.13. The molecular formula is C38H40ClF3N4O6S. The van der Waals surface area contributed by atoms with E-state index >= 15 is 0 Å². The standard InChI is InChI=1S/C38H40ClF3N4O6S/c1-5-24-20-37(24,35(49)45-53(50,51)30-14-15-30)44-33(47)31-17-23-16-29(52-28-11-7-9-26(39)19-28)13-12-22(23)21-46(31)34(48)32(36(2,3)4)43-27-10-6-8-25(18-27)38(40,41)42/h5-13,16,18-19,24,30-32,43H,1,14-15,17,20-21H2,2-4H3,(H,44,47)(H,45,49)/t24-,31+,32-,37-/m1/s1. The average molecular weight is 773 g/mol. The Balaban J connectivity index is 1.34. The van der Waals surface area contributed by atoms with E-state index < -0.39 is 73.7 Å². The molecule has 4 atom stereocenters. The first-order valence-corrected chi connectivity index (χ1v) is 19.0. The van der Waals surface area contributed by atoms with Crippen LogP contribution in [0.3, 0.4) is 0 Å². The molecule has 0 aromatic heterocycles. The van der Waals surface area contributed by atoms with E-state index in [2.05, 4.69) is 21.9 Å². The van der Waals surface area contributed by atoms with Crippen LogP contribution in [0.1, 0.15) is 56.7 Å². The summed E-state index contributed by atoms with van der Waals surface area (Å²) in [6.07, 6.45) is -2.20. The third-order valence-electron chi connectivity index (χ3n) is 9.79. The number of alkyl halides is 3. The molecule has 0 radical (unpaired) electrons. The summed E-state index contributed by atoms with van der Waals surface area (Å²) in [6, 6.07) is 14.2. The van der Waals surface area contributed by atoms with Gasteiger partial charge in [-0.15, -0.1) is 6.58 Å². The molecule has 3 aromatic carbocycles. The normalized spacial score (nSPS) is 21.8. The molecule has 53 heavy (non-hydrogen) atoms. The number of sulfonamides is 1. The van der Waals surface area contributed by atoms with Gasteiger partial charge in [0.1, 0.15) is 29.1 Å². The van der Waals surface area contributed by atoms with Crippen LogP contribution in [0.25, 0.3) is 0 Å². The van der Waals surface area contributed by atoms with Crippen LogP contribution in [0.5, 0.6) is 11.5 Å². The molecule has 1 heterocycles. The molecule has 2 fully saturated rings. The van der Waals surface area contributed by atoms with Crippen LogP contribution in [-0.4, -0.2) is 53.9 Å². The third kappa shape index (κ3) is 8.33. The summed E-state index contributed by atoms with van der Waals surface area (Å²) in [5.41, 5.74) is -1.91. The molecule has 3 aliphatic rings. The van der Waals surface area contributed by atoms with Crippen LogP contribution in [0.15, 0.2) is 79.4 Å². The highest BCUT2D eigenvalue weighted by Crippen LogP contribution is 2.46. The molecule has 10 nitrogen and oxygen atoms in total. The van der Waals surface area contributed by atoms with E-state index in [1.807, 2.05) is 0 Å². The Morgan fingerprint density at radius 1 is 1.00 bits per heavy atom. The number of anilines is 1. The fourth-order valence-corrected chi connectivity index (χ4v) is 8.08. The van der Waals surface area contributed by atoms with E-state index in [0.717, 1.165) is 12.1 Å². The molecule has 2 aliphatic carbocycles. The minimum Gasteiger partial charge on any atom is -0.457 e. The maximum Gasteiger partial charge on any atom is 0.416 e. The topological polar surface area (TPSA) is 134 Å². The van der Waals surface area contributed by atoms with Crippen LogP contribution in [0.2, 0.25) is 5.02 Å². The number of fused-ring (bicyclic) bond motifs is 1. The van der Waals surface area contributed by atoms with Crippen molar-refractivity contribution >= 4 is 45.0 Å². The first-order valence-electron chi connectivity index (χ1n) is 17.1. The van der Waals surface area contributed by atoms with E-state index in [1.54, 1.807) is 63.2 Å². The van der Waals surface area contributed by atoms with Gasteiger partial charge in [0.25, 0.3) is 5.91 Å². The summed E-state index contributed by atoms with van der Waals surface area (Å²) in [5, 5.41) is 5.56. The van der Waals surface area contributed by atoms with Crippen molar-refractivity contribution in [3.8, 4) is 11.5 Å². The lowest BCUT2D eigenvalue weighted by Crippen LogP contribution is -2.61. The molecule has 3 aromatic rings. The third-order valence-corrected chi connectivity index (χ3v) is 11.8. The Hall–Kier alpha value is -4.56. The maximum absolute atomic E-state index is 14.7. The molecule has 0 spiro atoms. The summed E-state index contributed by atoms with van der Waals surface area (Å²) in [7, 11) is -3.94. The average Bonchev–Trinajstić information content (AvgIpc) is 4.01. The molecule has 1 aliphatic heterocycles. The number of hydrogen-bond donors (Lipinski definition) is 3. The minimum atomic E-state index is -4.61. The number of nitrogens with zero attached hydrogens (tertiary/aromatic N) is 1. The number of nitrogens with one attached hydrogen (secondary N) is 3. The second kappa shape index (κ2) is 14.0. The zero-order chi connectivity index (χ0) is 38.5. The van der Waals surface area contributed by atoms with Crippen LogP contribution in [-0.2, 0) is 43.5 Å². The molecule has 3 N–H and O–H groups in total. The highest BCUT2D eigenvalue weighted by atomic mass is 35.5. The summed E-state index contributed by atoms with van der Waals surface area (Å²) in [4.78, 5) is 43.9. The van der Waals surface area contributed by atoms with Gasteiger partial charge in [0.15, 0.2) is 0 Å². The molecule has 2 saturated carbocycles. The van der Waals surface area contributed by atoms with Gasteiger partial charge in [0, 0.05) is 29.6 Å². The molecule has 6 rings (SSSR count). The molecule has 0 saturated heterocycles. The number of rotatable bonds is 11. The van der Waals surface area contributed by atoms with Crippen molar-refractivity contribution in [3.63, 3.8) is 0 Å². The van der Waals surface area contributed by atoms with Crippen LogP contribution in [0, 0.1) is 11.3 Å². The lowest BCUT2D eigenvalue weighted by Gasteiger charge is -2.41. The fourth-order valence-electron chi connectivity index (χ4n) is 6.54. The second-order valence-electron chi connectivity index (χ2n) is 14.9. The number of amides is 3. The zero-order valence-corrected chi connectivity index (χ0v) is 30.9. The second-order valence-corrected chi connectivity index (χ2v) is 17.3. The Morgan fingerprint density at radius 3 is 2.32 bits per heavy atom. The summed E-state index contributed by atoms with van der Waals surface area (Å²) < 4.78 is 74.3. The van der Waals surface area contributed by atoms with Gasteiger partial charge in [0.2, 0.25) is 21.8 Å². The number of carbonyl (C=O) groups excluding carboxylic acids is 3. The molecule has 282 valence electrons. The number of halogens is 4. The summed E-state index contributed by atoms with van der Waals surface area (Å²) in [6.45, 7) is 8.95. The van der Waals surface area contributed by atoms with E-state index in [-0.39, 0.29) is 25.1 Å². The lowest BCUT2D eigenvalue weighted by molar-refractivity contribution is -0.145. The largest absolute Gasteiger partial charge is 0.457 e. The Labute approximate surface area is 311 Å². The van der Waals surface area contributed by atoms with Crippen LogP contribution >= 0.6 is 11.6 Å². The Kier molecular flexibility index (Phi) is 10.1. The van der Waals surface area contributed by atoms with E-state index in [0.29, 0.717) is 40.5 Å². The van der Waals surface area contributed by atoms with Gasteiger partial charge in [0.05, 0.1) is 10.8 Å². The molecule has 3 amide bonds. The molecule has 0 unspecified atom stereocenters. The Bertz CT molecular complexity index is 2070. The van der Waals surface area contributed by atoms with Gasteiger partial charge in [-0.05, 0) is 84.3 Å². The predicted molar refractivity (Wildman–Crippen MR) is 194 cm³/mol. The number of ether oxygens (including phenoxy) is 1. The smallest absolute Gasteiger partial charge is 0.416 e. The fraction of sp³-hybridized carbons (Fsp3) is 0.395. The minimum absolute atomic E-state index is 0.0170. The van der Waals surface area contributed by atoms with Crippen LogP contribution in [0.4, 0.5) is 18.9 Å². The van der Waals surface area contributed by atoms with Crippen LogP contribution < -0.4 is 20.1 Å². The Morgan fingerprint density at radius 2 is 1.70 bits per heavy atom. The highest BCUT2D eigenvalue weighted by Gasteiger charge is 2.61.